The van der Waals surface area contributed by atoms with Gasteiger partial charge in [0, 0.05) is 39.9 Å². The molecule has 3 aliphatic heterocycles. The summed E-state index contributed by atoms with van der Waals surface area (Å²) in [7, 11) is 0. The summed E-state index contributed by atoms with van der Waals surface area (Å²) in [6, 6.07) is 24.4. The number of hydrogen-bond acceptors (Lipinski definition) is 5. The maximum absolute atomic E-state index is 14.6. The van der Waals surface area contributed by atoms with Crippen LogP contribution in [-0.4, -0.2) is 33.4 Å². The quantitative estimate of drug-likeness (QED) is 0.310. The molecule has 190 valence electrons. The Morgan fingerprint density at radius 2 is 1.64 bits per heavy atom. The standard InChI is InChI=1S/C32H22BrN3O3/c33-22-13-11-20(12-14-22)29(38)27-26(28(37)21-7-5-16-34-18-21)32(24-9-3-4-10-25(24)35-31(32)39)30-23-8-2-1-6-19(23)15-17-36(27)30/h1-18,26-27,30H,(H,35,39)/t26-,27+,30+,32+/m1/s1. The fourth-order valence-electron chi connectivity index (χ4n) is 6.64. The number of halogens is 1. The highest BCUT2D eigenvalue weighted by atomic mass is 79.9. The molecule has 1 N–H and O–H groups in total. The zero-order chi connectivity index (χ0) is 26.7. The fraction of sp³-hybridized carbons (Fsp3) is 0.125. The summed E-state index contributed by atoms with van der Waals surface area (Å²) in [5.41, 5.74) is 2.74. The van der Waals surface area contributed by atoms with E-state index >= 15 is 0 Å². The van der Waals surface area contributed by atoms with Crippen LogP contribution in [0, 0.1) is 5.92 Å². The van der Waals surface area contributed by atoms with Gasteiger partial charge in [0.1, 0.15) is 11.5 Å². The number of nitrogens with zero attached hydrogens (tertiary/aromatic N) is 2. The molecule has 3 aromatic carbocycles. The van der Waals surface area contributed by atoms with Crippen LogP contribution >= 0.6 is 15.9 Å². The predicted octanol–water partition coefficient (Wildman–Crippen LogP) is 5.83. The first-order valence-electron chi connectivity index (χ1n) is 12.7. The van der Waals surface area contributed by atoms with E-state index in [1.54, 1.807) is 30.5 Å². The minimum absolute atomic E-state index is 0.215. The summed E-state index contributed by atoms with van der Waals surface area (Å²) in [5.74, 6) is -1.79. The lowest BCUT2D eigenvalue weighted by Crippen LogP contribution is -2.49. The third-order valence-electron chi connectivity index (χ3n) is 8.20. The Morgan fingerprint density at radius 1 is 0.872 bits per heavy atom. The number of nitrogens with one attached hydrogen (secondary N) is 1. The first-order chi connectivity index (χ1) is 19.0. The molecule has 0 unspecified atom stereocenters. The highest BCUT2D eigenvalue weighted by Crippen LogP contribution is 2.62. The first-order valence-corrected chi connectivity index (χ1v) is 13.5. The Kier molecular flexibility index (Phi) is 5.39. The minimum Gasteiger partial charge on any atom is -0.358 e. The Hall–Kier alpha value is -4.36. The lowest BCUT2D eigenvalue weighted by Gasteiger charge is -2.38. The summed E-state index contributed by atoms with van der Waals surface area (Å²) in [6.45, 7) is 0. The topological polar surface area (TPSA) is 79.4 Å². The van der Waals surface area contributed by atoms with Gasteiger partial charge in [-0.05, 0) is 53.1 Å². The fourth-order valence-corrected chi connectivity index (χ4v) is 6.91. The van der Waals surface area contributed by atoms with Gasteiger partial charge >= 0.3 is 0 Å². The number of ketones is 2. The Morgan fingerprint density at radius 3 is 2.44 bits per heavy atom. The number of Topliss-reactive ketones (excluding diaryl/α,β-unsaturated/α-hetero) is 2. The number of fused-ring (bicyclic) bond motifs is 6. The van der Waals surface area contributed by atoms with Gasteiger partial charge in [-0.3, -0.25) is 19.4 Å². The maximum Gasteiger partial charge on any atom is 0.238 e. The van der Waals surface area contributed by atoms with Crippen LogP contribution in [-0.2, 0) is 10.2 Å². The number of carbonyl (C=O) groups is 3. The number of hydrogen-bond donors (Lipinski definition) is 1. The summed E-state index contributed by atoms with van der Waals surface area (Å²) < 4.78 is 0.846. The third-order valence-corrected chi connectivity index (χ3v) is 8.72. The van der Waals surface area contributed by atoms with Gasteiger partial charge in [-0.25, -0.2) is 0 Å². The van der Waals surface area contributed by atoms with Gasteiger partial charge in [0.15, 0.2) is 11.6 Å². The van der Waals surface area contributed by atoms with Gasteiger partial charge in [-0.15, -0.1) is 0 Å². The van der Waals surface area contributed by atoms with Crippen LogP contribution in [0.2, 0.25) is 0 Å². The second kappa shape index (κ2) is 8.85. The molecule has 1 amide bonds. The molecule has 7 heteroatoms. The minimum atomic E-state index is -1.35. The molecule has 1 saturated heterocycles. The molecular weight excluding hydrogens is 554 g/mol. The lowest BCUT2D eigenvalue weighted by atomic mass is 9.62. The van der Waals surface area contributed by atoms with Crippen molar-refractivity contribution in [3.05, 3.63) is 136 Å². The molecule has 39 heavy (non-hydrogen) atoms. The van der Waals surface area contributed by atoms with Crippen molar-refractivity contribution in [3.63, 3.8) is 0 Å². The van der Waals surface area contributed by atoms with E-state index in [0.29, 0.717) is 16.8 Å². The summed E-state index contributed by atoms with van der Waals surface area (Å²) in [5, 5.41) is 3.06. The number of pyridine rings is 1. The van der Waals surface area contributed by atoms with E-state index in [0.717, 1.165) is 21.2 Å². The van der Waals surface area contributed by atoms with Crippen molar-refractivity contribution >= 4 is 45.2 Å². The monoisotopic (exact) mass is 575 g/mol. The Balaban J connectivity index is 1.54. The van der Waals surface area contributed by atoms with Gasteiger partial charge < -0.3 is 10.2 Å². The number of amides is 1. The average Bonchev–Trinajstić information content (AvgIpc) is 3.45. The number of rotatable bonds is 4. The van der Waals surface area contributed by atoms with Crippen LogP contribution in [0.4, 0.5) is 5.69 Å². The largest absolute Gasteiger partial charge is 0.358 e. The normalized spacial score (nSPS) is 24.2. The molecule has 4 aromatic rings. The van der Waals surface area contributed by atoms with Crippen molar-refractivity contribution in [3.8, 4) is 0 Å². The zero-order valence-electron chi connectivity index (χ0n) is 20.6. The van der Waals surface area contributed by atoms with Gasteiger partial charge in [0.05, 0.1) is 12.0 Å². The van der Waals surface area contributed by atoms with Crippen molar-refractivity contribution < 1.29 is 14.4 Å². The second-order valence-electron chi connectivity index (χ2n) is 10.1. The average molecular weight is 576 g/mol. The van der Waals surface area contributed by atoms with E-state index in [9.17, 15) is 14.4 Å². The molecule has 0 radical (unpaired) electrons. The highest BCUT2D eigenvalue weighted by molar-refractivity contribution is 9.10. The molecule has 4 heterocycles. The molecule has 1 fully saturated rings. The van der Waals surface area contributed by atoms with E-state index in [1.165, 1.54) is 6.20 Å². The number of aromatic nitrogens is 1. The van der Waals surface area contributed by atoms with Crippen LogP contribution in [0.1, 0.15) is 43.4 Å². The summed E-state index contributed by atoms with van der Waals surface area (Å²) in [6.07, 6.45) is 6.94. The summed E-state index contributed by atoms with van der Waals surface area (Å²) >= 11 is 3.44. The van der Waals surface area contributed by atoms with Gasteiger partial charge in [0.2, 0.25) is 5.91 Å². The Labute approximate surface area is 233 Å². The van der Waals surface area contributed by atoms with Crippen molar-refractivity contribution in [2.24, 2.45) is 5.92 Å². The molecule has 0 saturated carbocycles. The van der Waals surface area contributed by atoms with Gasteiger partial charge in [-0.2, -0.15) is 0 Å². The third kappa shape index (κ3) is 3.32. The van der Waals surface area contributed by atoms with E-state index in [4.69, 9.17) is 0 Å². The van der Waals surface area contributed by atoms with E-state index < -0.39 is 23.4 Å². The molecule has 7 rings (SSSR count). The number of benzene rings is 3. The molecule has 1 spiro atoms. The summed E-state index contributed by atoms with van der Waals surface area (Å²) in [4.78, 5) is 49.5. The Bertz CT molecular complexity index is 1680. The molecule has 3 aliphatic rings. The van der Waals surface area contributed by atoms with E-state index in [1.807, 2.05) is 77.8 Å². The first kappa shape index (κ1) is 23.7. The molecule has 1 aromatic heterocycles. The van der Waals surface area contributed by atoms with Crippen LogP contribution in [0.25, 0.3) is 6.08 Å². The van der Waals surface area contributed by atoms with Crippen LogP contribution in [0.3, 0.4) is 0 Å². The smallest absolute Gasteiger partial charge is 0.238 e. The predicted molar refractivity (Wildman–Crippen MR) is 151 cm³/mol. The lowest BCUT2D eigenvalue weighted by molar-refractivity contribution is -0.122. The number of carbonyl (C=O) groups excluding carboxylic acids is 3. The van der Waals surface area contributed by atoms with Crippen molar-refractivity contribution in [1.82, 2.24) is 9.88 Å². The highest BCUT2D eigenvalue weighted by Gasteiger charge is 2.70. The van der Waals surface area contributed by atoms with Crippen molar-refractivity contribution in [2.45, 2.75) is 17.5 Å². The van der Waals surface area contributed by atoms with E-state index in [2.05, 4.69) is 26.2 Å². The maximum atomic E-state index is 14.6. The van der Waals surface area contributed by atoms with Crippen LogP contribution in [0.15, 0.2) is 108 Å². The molecule has 0 bridgehead atoms. The number of para-hydroxylation sites is 1. The van der Waals surface area contributed by atoms with Crippen LogP contribution in [0.5, 0.6) is 0 Å². The molecule has 6 nitrogen and oxygen atoms in total. The SMILES string of the molecule is O=C(c1ccc(Br)cc1)[C@@H]1[C@H](C(=O)c2cccnc2)[C@]2(C(=O)Nc3ccccc32)[C@@H]2c3ccccc3C=CN12. The van der Waals surface area contributed by atoms with Gasteiger partial charge in [-0.1, -0.05) is 70.5 Å². The van der Waals surface area contributed by atoms with Crippen molar-refractivity contribution in [2.75, 3.05) is 5.32 Å². The number of anilines is 1. The molecule has 0 aliphatic carbocycles. The zero-order valence-corrected chi connectivity index (χ0v) is 22.2. The second-order valence-corrected chi connectivity index (χ2v) is 11.0. The van der Waals surface area contributed by atoms with Crippen LogP contribution < -0.4 is 5.32 Å². The van der Waals surface area contributed by atoms with Gasteiger partial charge in [0.25, 0.3) is 0 Å². The molecular formula is C32H22BrN3O3. The molecule has 4 atom stereocenters. The van der Waals surface area contributed by atoms with E-state index in [-0.39, 0.29) is 17.5 Å². The van der Waals surface area contributed by atoms with Crippen molar-refractivity contribution in [1.29, 1.82) is 0 Å².